The van der Waals surface area contributed by atoms with E-state index in [-0.39, 0.29) is 29.9 Å². The standard InChI is InChI=1S/C21H20F3N5O2/c1-31-17-9-7-14(8-10-17)19(13-5-6-13)25-18(30)12-29-27-20(26-28-29)15-3-2-4-16(11-15)21(22,23)24/h2-4,7-11,13,19H,5-6,12H2,1H3,(H,25,30). The predicted molar refractivity (Wildman–Crippen MR) is 105 cm³/mol. The van der Waals surface area contributed by atoms with Crippen LogP contribution in [-0.4, -0.2) is 33.2 Å². The molecule has 0 saturated heterocycles. The monoisotopic (exact) mass is 431 g/mol. The molecule has 0 aliphatic heterocycles. The van der Waals surface area contributed by atoms with E-state index in [0.717, 1.165) is 41.1 Å². The summed E-state index contributed by atoms with van der Waals surface area (Å²) in [7, 11) is 1.59. The Labute approximate surface area is 176 Å². The van der Waals surface area contributed by atoms with Gasteiger partial charge in [0.2, 0.25) is 11.7 Å². The first-order valence-electron chi connectivity index (χ1n) is 9.72. The quantitative estimate of drug-likeness (QED) is 0.618. The number of alkyl halides is 3. The van der Waals surface area contributed by atoms with Crippen LogP contribution in [0.5, 0.6) is 5.75 Å². The van der Waals surface area contributed by atoms with Crippen molar-refractivity contribution < 1.29 is 22.7 Å². The third-order valence-corrected chi connectivity index (χ3v) is 5.07. The molecule has 1 amide bonds. The first kappa shape index (κ1) is 20.8. The molecule has 3 aromatic rings. The number of rotatable bonds is 7. The van der Waals surface area contributed by atoms with Crippen LogP contribution < -0.4 is 10.1 Å². The second kappa shape index (κ2) is 8.37. The first-order chi connectivity index (χ1) is 14.8. The summed E-state index contributed by atoms with van der Waals surface area (Å²) in [4.78, 5) is 13.6. The van der Waals surface area contributed by atoms with Gasteiger partial charge in [-0.05, 0) is 53.8 Å². The van der Waals surface area contributed by atoms with E-state index in [1.807, 2.05) is 24.3 Å². The number of tetrazole rings is 1. The van der Waals surface area contributed by atoms with Gasteiger partial charge in [0.25, 0.3) is 0 Å². The van der Waals surface area contributed by atoms with E-state index in [1.54, 1.807) is 7.11 Å². The Morgan fingerprint density at radius 2 is 1.97 bits per heavy atom. The highest BCUT2D eigenvalue weighted by Gasteiger charge is 2.34. The van der Waals surface area contributed by atoms with Gasteiger partial charge in [-0.15, -0.1) is 10.2 Å². The third-order valence-electron chi connectivity index (χ3n) is 5.07. The number of aromatic nitrogens is 4. The maximum atomic E-state index is 12.9. The molecule has 0 radical (unpaired) electrons. The lowest BCUT2D eigenvalue weighted by atomic mass is 10.0. The van der Waals surface area contributed by atoms with Crippen LogP contribution >= 0.6 is 0 Å². The SMILES string of the molecule is COc1ccc(C(NC(=O)Cn2nnc(-c3cccc(C(F)(F)F)c3)n2)C2CC2)cc1. The molecule has 1 unspecified atom stereocenters. The van der Waals surface area contributed by atoms with Crippen molar-refractivity contribution in [1.29, 1.82) is 0 Å². The summed E-state index contributed by atoms with van der Waals surface area (Å²) in [5, 5.41) is 14.7. The summed E-state index contributed by atoms with van der Waals surface area (Å²) in [5.74, 6) is 0.814. The van der Waals surface area contributed by atoms with Gasteiger partial charge in [0.1, 0.15) is 12.3 Å². The fraction of sp³-hybridized carbons (Fsp3) is 0.333. The zero-order valence-corrected chi connectivity index (χ0v) is 16.6. The van der Waals surface area contributed by atoms with E-state index < -0.39 is 11.7 Å². The van der Waals surface area contributed by atoms with Gasteiger partial charge in [-0.1, -0.05) is 24.3 Å². The Bertz CT molecular complexity index is 1060. The Kier molecular flexibility index (Phi) is 5.62. The molecule has 31 heavy (non-hydrogen) atoms. The topological polar surface area (TPSA) is 81.9 Å². The summed E-state index contributed by atoms with van der Waals surface area (Å²) in [5.41, 5.74) is 0.356. The number of halogens is 3. The maximum absolute atomic E-state index is 12.9. The van der Waals surface area contributed by atoms with Crippen LogP contribution in [0.25, 0.3) is 11.4 Å². The Morgan fingerprint density at radius 1 is 1.23 bits per heavy atom. The van der Waals surface area contributed by atoms with Crippen molar-refractivity contribution in [2.24, 2.45) is 5.92 Å². The smallest absolute Gasteiger partial charge is 0.416 e. The lowest BCUT2D eigenvalue weighted by molar-refractivity contribution is -0.137. The van der Waals surface area contributed by atoms with Crippen LogP contribution in [0.3, 0.4) is 0 Å². The highest BCUT2D eigenvalue weighted by molar-refractivity contribution is 5.76. The number of nitrogens with zero attached hydrogens (tertiary/aromatic N) is 4. The first-order valence-corrected chi connectivity index (χ1v) is 9.72. The van der Waals surface area contributed by atoms with Crippen LogP contribution in [0.4, 0.5) is 13.2 Å². The third kappa shape index (κ3) is 5.01. The Morgan fingerprint density at radius 3 is 2.61 bits per heavy atom. The van der Waals surface area contributed by atoms with E-state index in [9.17, 15) is 18.0 Å². The van der Waals surface area contributed by atoms with Crippen molar-refractivity contribution in [2.75, 3.05) is 7.11 Å². The fourth-order valence-corrected chi connectivity index (χ4v) is 3.32. The zero-order chi connectivity index (χ0) is 22.0. The van der Waals surface area contributed by atoms with Crippen molar-refractivity contribution in [3.8, 4) is 17.1 Å². The molecule has 1 N–H and O–H groups in total. The van der Waals surface area contributed by atoms with Gasteiger partial charge in [0, 0.05) is 5.56 Å². The number of ether oxygens (including phenoxy) is 1. The van der Waals surface area contributed by atoms with Gasteiger partial charge in [0.05, 0.1) is 18.7 Å². The molecule has 0 spiro atoms. The van der Waals surface area contributed by atoms with E-state index in [0.29, 0.717) is 5.92 Å². The highest BCUT2D eigenvalue weighted by atomic mass is 19.4. The average molecular weight is 431 g/mol. The van der Waals surface area contributed by atoms with Crippen molar-refractivity contribution in [3.63, 3.8) is 0 Å². The summed E-state index contributed by atoms with van der Waals surface area (Å²) < 4.78 is 43.9. The summed E-state index contributed by atoms with van der Waals surface area (Å²) >= 11 is 0. The molecular weight excluding hydrogens is 411 g/mol. The molecular formula is C21H20F3N5O2. The largest absolute Gasteiger partial charge is 0.497 e. The molecule has 1 atom stereocenters. The Hall–Kier alpha value is -3.43. The minimum absolute atomic E-state index is 0.0211. The van der Waals surface area contributed by atoms with Crippen molar-refractivity contribution >= 4 is 5.91 Å². The van der Waals surface area contributed by atoms with Gasteiger partial charge in [-0.2, -0.15) is 18.0 Å². The Balaban J connectivity index is 1.44. The average Bonchev–Trinajstić information content (AvgIpc) is 3.50. The number of hydrogen-bond acceptors (Lipinski definition) is 5. The molecule has 0 bridgehead atoms. The second-order valence-corrected chi connectivity index (χ2v) is 7.38. The molecule has 1 saturated carbocycles. The van der Waals surface area contributed by atoms with Crippen molar-refractivity contribution in [2.45, 2.75) is 31.6 Å². The molecule has 1 aliphatic rings. The van der Waals surface area contributed by atoms with Crippen LogP contribution in [0.1, 0.15) is 30.0 Å². The van der Waals surface area contributed by atoms with E-state index in [1.165, 1.54) is 12.1 Å². The number of amides is 1. The molecule has 7 nitrogen and oxygen atoms in total. The van der Waals surface area contributed by atoms with Crippen molar-refractivity contribution in [3.05, 3.63) is 59.7 Å². The lowest BCUT2D eigenvalue weighted by Crippen LogP contribution is -2.33. The number of nitrogens with one attached hydrogen (secondary N) is 1. The van der Waals surface area contributed by atoms with Crippen LogP contribution in [0.2, 0.25) is 0 Å². The van der Waals surface area contributed by atoms with E-state index in [2.05, 4.69) is 20.7 Å². The number of carbonyl (C=O) groups excluding carboxylic acids is 1. The minimum Gasteiger partial charge on any atom is -0.497 e. The fourth-order valence-electron chi connectivity index (χ4n) is 3.32. The number of methoxy groups -OCH3 is 1. The van der Waals surface area contributed by atoms with Gasteiger partial charge in [-0.3, -0.25) is 4.79 Å². The van der Waals surface area contributed by atoms with Gasteiger partial charge >= 0.3 is 6.18 Å². The summed E-state index contributed by atoms with van der Waals surface area (Å²) in [6, 6.07) is 12.1. The van der Waals surface area contributed by atoms with Gasteiger partial charge in [0.15, 0.2) is 0 Å². The van der Waals surface area contributed by atoms with Crippen molar-refractivity contribution in [1.82, 2.24) is 25.5 Å². The summed E-state index contributed by atoms with van der Waals surface area (Å²) in [6.07, 6.45) is -2.42. The van der Waals surface area contributed by atoms with Gasteiger partial charge < -0.3 is 10.1 Å². The minimum atomic E-state index is -4.47. The second-order valence-electron chi connectivity index (χ2n) is 7.38. The number of hydrogen-bond donors (Lipinski definition) is 1. The molecule has 1 fully saturated rings. The molecule has 162 valence electrons. The highest BCUT2D eigenvalue weighted by Crippen LogP contribution is 2.41. The van der Waals surface area contributed by atoms with Crippen LogP contribution in [0.15, 0.2) is 48.5 Å². The molecule has 1 heterocycles. The van der Waals surface area contributed by atoms with Crippen LogP contribution in [0, 0.1) is 5.92 Å². The molecule has 1 aliphatic carbocycles. The lowest BCUT2D eigenvalue weighted by Gasteiger charge is -2.19. The van der Waals surface area contributed by atoms with E-state index >= 15 is 0 Å². The molecule has 10 heteroatoms. The molecule has 2 aromatic carbocycles. The van der Waals surface area contributed by atoms with Gasteiger partial charge in [-0.25, -0.2) is 0 Å². The number of carbonyl (C=O) groups is 1. The van der Waals surface area contributed by atoms with E-state index in [4.69, 9.17) is 4.74 Å². The number of benzene rings is 2. The zero-order valence-electron chi connectivity index (χ0n) is 16.6. The normalized spacial score (nSPS) is 14.8. The predicted octanol–water partition coefficient (Wildman–Crippen LogP) is 3.64. The summed E-state index contributed by atoms with van der Waals surface area (Å²) in [6.45, 7) is -0.189. The molecule has 1 aromatic heterocycles. The molecule has 4 rings (SSSR count). The maximum Gasteiger partial charge on any atom is 0.416 e. The van der Waals surface area contributed by atoms with Crippen LogP contribution in [-0.2, 0) is 17.5 Å².